The number of rotatable bonds is 11. The van der Waals surface area contributed by atoms with E-state index in [4.69, 9.17) is 9.47 Å². The largest absolute Gasteiger partial charge is 0.497 e. The van der Waals surface area contributed by atoms with E-state index in [0.717, 1.165) is 11.2 Å². The first-order valence-corrected chi connectivity index (χ1v) is 14.3. The number of aliphatic hydroxyl groups excluding tert-OH is 1. The number of aromatic nitrogens is 2. The Labute approximate surface area is 254 Å². The molecule has 3 aromatic rings. The van der Waals surface area contributed by atoms with Crippen molar-refractivity contribution in [2.45, 2.75) is 24.1 Å². The van der Waals surface area contributed by atoms with Gasteiger partial charge in [0.25, 0.3) is 11.8 Å². The highest BCUT2D eigenvalue weighted by Crippen LogP contribution is 2.40. The molecule has 2 aromatic carbocycles. The smallest absolute Gasteiger partial charge is 0.359 e. The van der Waals surface area contributed by atoms with Crippen molar-refractivity contribution < 1.29 is 43.7 Å². The number of hydrogen-bond donors (Lipinski definition) is 5. The number of H-pyrrole nitrogens is 1. The zero-order chi connectivity index (χ0) is 31.4. The molecule has 14 nitrogen and oxygen atoms in total. The number of imidazole rings is 1. The summed E-state index contributed by atoms with van der Waals surface area (Å²) in [5.74, 6) is -3.66. The zero-order valence-corrected chi connectivity index (χ0v) is 24.0. The number of amides is 3. The van der Waals surface area contributed by atoms with Crippen molar-refractivity contribution in [3.05, 3.63) is 94.7 Å². The maximum absolute atomic E-state index is 13.5. The SMILES string of the molecule is COc1ccc(COC(=O)c2nc[nH]c2C(=O)NC(C(=O)N[C@@H]2C(=O)N3C(C(=O)O)=C(CO)CS[C@H]23)c2ccccc2)cc1. The molecule has 3 heterocycles. The highest BCUT2D eigenvalue weighted by atomic mass is 32.2. The Morgan fingerprint density at radius 1 is 1.14 bits per heavy atom. The van der Waals surface area contributed by atoms with Gasteiger partial charge in [-0.2, -0.15) is 0 Å². The average molecular weight is 622 g/mol. The molecule has 1 fully saturated rings. The molecule has 5 rings (SSSR count). The average Bonchev–Trinajstić information content (AvgIpc) is 3.55. The fourth-order valence-corrected chi connectivity index (χ4v) is 6.09. The summed E-state index contributed by atoms with van der Waals surface area (Å²) in [6.45, 7) is -0.606. The van der Waals surface area contributed by atoms with Crippen LogP contribution in [0.5, 0.6) is 5.75 Å². The van der Waals surface area contributed by atoms with Crippen molar-refractivity contribution >= 4 is 41.4 Å². The number of aromatic amines is 1. The minimum Gasteiger partial charge on any atom is -0.497 e. The molecule has 0 aliphatic carbocycles. The predicted molar refractivity (Wildman–Crippen MR) is 154 cm³/mol. The van der Waals surface area contributed by atoms with Gasteiger partial charge < -0.3 is 35.3 Å². The number of fused-ring (bicyclic) bond motifs is 1. The van der Waals surface area contributed by atoms with Crippen LogP contribution in [-0.2, 0) is 25.7 Å². The maximum atomic E-state index is 13.5. The molecule has 2 aliphatic rings. The van der Waals surface area contributed by atoms with Crippen molar-refractivity contribution in [1.82, 2.24) is 25.5 Å². The van der Waals surface area contributed by atoms with Gasteiger partial charge in [0.1, 0.15) is 41.2 Å². The molecular formula is C29H27N5O9S. The summed E-state index contributed by atoms with van der Waals surface area (Å²) in [5, 5.41) is 23.6. The number of carboxylic acids is 1. The molecule has 1 unspecified atom stereocenters. The van der Waals surface area contributed by atoms with Crippen LogP contribution in [0.25, 0.3) is 0 Å². The third-order valence-corrected chi connectivity index (χ3v) is 8.34. The minimum atomic E-state index is -1.36. The highest BCUT2D eigenvalue weighted by molar-refractivity contribution is 8.00. The van der Waals surface area contributed by atoms with E-state index in [2.05, 4.69) is 20.6 Å². The summed E-state index contributed by atoms with van der Waals surface area (Å²) >= 11 is 1.20. The lowest BCUT2D eigenvalue weighted by Gasteiger charge is -2.49. The van der Waals surface area contributed by atoms with Gasteiger partial charge >= 0.3 is 11.9 Å². The molecule has 3 atom stereocenters. The van der Waals surface area contributed by atoms with E-state index in [1.54, 1.807) is 54.6 Å². The van der Waals surface area contributed by atoms with Crippen molar-refractivity contribution in [3.63, 3.8) is 0 Å². The first kappa shape index (κ1) is 30.3. The van der Waals surface area contributed by atoms with Gasteiger partial charge in [0.2, 0.25) is 5.91 Å². The predicted octanol–water partition coefficient (Wildman–Crippen LogP) is 0.977. The van der Waals surface area contributed by atoms with Crippen molar-refractivity contribution in [1.29, 1.82) is 0 Å². The van der Waals surface area contributed by atoms with Crippen molar-refractivity contribution in [3.8, 4) is 5.75 Å². The molecule has 3 amide bonds. The molecule has 228 valence electrons. The number of ether oxygens (including phenoxy) is 2. The number of esters is 1. The van der Waals surface area contributed by atoms with Crippen molar-refractivity contribution in [2.75, 3.05) is 19.5 Å². The van der Waals surface area contributed by atoms with E-state index < -0.39 is 53.7 Å². The summed E-state index contributed by atoms with van der Waals surface area (Å²) in [6, 6.07) is 12.7. The van der Waals surface area contributed by atoms with E-state index in [0.29, 0.717) is 16.9 Å². The molecule has 0 radical (unpaired) electrons. The monoisotopic (exact) mass is 621 g/mol. The number of carbonyl (C=O) groups excluding carboxylic acids is 4. The van der Waals surface area contributed by atoms with Crippen LogP contribution in [0, 0.1) is 0 Å². The van der Waals surface area contributed by atoms with Gasteiger partial charge in [-0.3, -0.25) is 19.3 Å². The number of carbonyl (C=O) groups is 5. The first-order chi connectivity index (χ1) is 21.2. The van der Waals surface area contributed by atoms with Gasteiger partial charge in [-0.15, -0.1) is 11.8 Å². The van der Waals surface area contributed by atoms with Gasteiger partial charge in [-0.25, -0.2) is 14.6 Å². The zero-order valence-electron chi connectivity index (χ0n) is 23.2. The Morgan fingerprint density at radius 3 is 2.52 bits per heavy atom. The molecule has 44 heavy (non-hydrogen) atoms. The molecular weight excluding hydrogens is 594 g/mol. The Morgan fingerprint density at radius 2 is 1.86 bits per heavy atom. The molecule has 0 saturated carbocycles. The summed E-state index contributed by atoms with van der Waals surface area (Å²) in [5.41, 5.74) is 0.434. The standard InChI is InChI=1S/C29H27N5O9S/c1-42-18-9-7-15(8-10-18)12-43-29(41)21-20(30-14-31-21)25(37)32-19(16-5-3-2-4-6-16)24(36)33-22-26(38)34-23(28(39)40)17(11-35)13-44-27(22)34/h2-10,14,19,22,27,35H,11-13H2,1H3,(H,30,31)(H,32,37)(H,33,36)(H,39,40)/t19?,22-,27-/m1/s1. The molecule has 1 saturated heterocycles. The van der Waals surface area contributed by atoms with E-state index in [1.807, 2.05) is 0 Å². The summed E-state index contributed by atoms with van der Waals surface area (Å²) in [7, 11) is 1.53. The lowest BCUT2D eigenvalue weighted by Crippen LogP contribution is -2.71. The number of nitrogens with one attached hydrogen (secondary N) is 3. The van der Waals surface area contributed by atoms with Crippen LogP contribution in [0.1, 0.15) is 38.1 Å². The minimum absolute atomic E-state index is 0.0873. The quantitative estimate of drug-likeness (QED) is 0.151. The summed E-state index contributed by atoms with van der Waals surface area (Å²) in [6.07, 6.45) is 1.15. The molecule has 5 N–H and O–H groups in total. The lowest BCUT2D eigenvalue weighted by molar-refractivity contribution is -0.151. The molecule has 1 aromatic heterocycles. The second kappa shape index (κ2) is 13.0. The molecule has 15 heteroatoms. The summed E-state index contributed by atoms with van der Waals surface area (Å²) in [4.78, 5) is 72.0. The molecule has 0 bridgehead atoms. The fraction of sp³-hybridized carbons (Fsp3) is 0.241. The fourth-order valence-electron chi connectivity index (χ4n) is 4.75. The number of nitrogens with zero attached hydrogens (tertiary/aromatic N) is 2. The topological polar surface area (TPSA) is 200 Å². The van der Waals surface area contributed by atoms with E-state index in [9.17, 15) is 34.2 Å². The number of benzene rings is 2. The first-order valence-electron chi connectivity index (χ1n) is 13.2. The van der Waals surface area contributed by atoms with E-state index in [1.165, 1.54) is 18.9 Å². The number of aliphatic hydroxyl groups is 1. The number of carboxylic acid groups (broad SMARTS) is 1. The number of aliphatic carboxylic acids is 1. The van der Waals surface area contributed by atoms with Crippen LogP contribution in [0.3, 0.4) is 0 Å². The van der Waals surface area contributed by atoms with Gasteiger partial charge in [0, 0.05) is 5.75 Å². The normalized spacial score (nSPS) is 18.0. The van der Waals surface area contributed by atoms with Gasteiger partial charge in [-0.05, 0) is 28.8 Å². The Hall–Kier alpha value is -5.15. The maximum Gasteiger partial charge on any atom is 0.359 e. The lowest BCUT2D eigenvalue weighted by atomic mass is 10.0. The third-order valence-electron chi connectivity index (χ3n) is 7.00. The van der Waals surface area contributed by atoms with Gasteiger partial charge in [-0.1, -0.05) is 42.5 Å². The molecule has 2 aliphatic heterocycles. The van der Waals surface area contributed by atoms with Crippen LogP contribution >= 0.6 is 11.8 Å². The van der Waals surface area contributed by atoms with Crippen LogP contribution < -0.4 is 15.4 Å². The van der Waals surface area contributed by atoms with E-state index >= 15 is 0 Å². The summed E-state index contributed by atoms with van der Waals surface area (Å²) < 4.78 is 10.4. The van der Waals surface area contributed by atoms with Gasteiger partial charge in [0.15, 0.2) is 5.69 Å². The molecule has 0 spiro atoms. The second-order valence-corrected chi connectivity index (χ2v) is 10.8. The van der Waals surface area contributed by atoms with Crippen LogP contribution in [-0.4, -0.2) is 85.6 Å². The number of methoxy groups -OCH3 is 1. The highest BCUT2D eigenvalue weighted by Gasteiger charge is 2.54. The Balaban J connectivity index is 1.29. The van der Waals surface area contributed by atoms with Crippen LogP contribution in [0.15, 0.2) is 72.2 Å². The number of thioether (sulfide) groups is 1. The third kappa shape index (κ3) is 6.00. The van der Waals surface area contributed by atoms with Gasteiger partial charge in [0.05, 0.1) is 20.0 Å². The van der Waals surface area contributed by atoms with Crippen LogP contribution in [0.4, 0.5) is 0 Å². The second-order valence-electron chi connectivity index (χ2n) is 9.68. The number of β-lactam (4-membered cyclic amide) rings is 1. The van der Waals surface area contributed by atoms with E-state index in [-0.39, 0.29) is 35.0 Å². The van der Waals surface area contributed by atoms with Crippen molar-refractivity contribution in [2.24, 2.45) is 0 Å². The Bertz CT molecular complexity index is 1620. The number of hydrogen-bond acceptors (Lipinski definition) is 10. The van der Waals surface area contributed by atoms with Crippen LogP contribution in [0.2, 0.25) is 0 Å². The Kier molecular flexibility index (Phi) is 8.96.